The summed E-state index contributed by atoms with van der Waals surface area (Å²) in [4.78, 5) is 11.3. The van der Waals surface area contributed by atoms with Crippen LogP contribution in [-0.4, -0.2) is 32.0 Å². The van der Waals surface area contributed by atoms with Gasteiger partial charge in [0.15, 0.2) is 6.29 Å². The maximum Gasteiger partial charge on any atom is 0.219 e. The number of hydrogen-bond donors (Lipinski definition) is 1. The van der Waals surface area contributed by atoms with Crippen molar-refractivity contribution in [3.63, 3.8) is 0 Å². The smallest absolute Gasteiger partial charge is 0.219 e. The molecule has 0 radical (unpaired) electrons. The van der Waals surface area contributed by atoms with Crippen LogP contribution < -0.4 is 5.32 Å². The summed E-state index contributed by atoms with van der Waals surface area (Å²) >= 11 is 0. The third-order valence-electron chi connectivity index (χ3n) is 2.36. The van der Waals surface area contributed by atoms with Crippen molar-refractivity contribution in [2.75, 3.05) is 19.8 Å². The highest BCUT2D eigenvalue weighted by Gasteiger charge is 2.13. The first-order valence-electron chi connectivity index (χ1n) is 5.83. The van der Waals surface area contributed by atoms with Crippen molar-refractivity contribution in [2.45, 2.75) is 45.3 Å². The highest BCUT2D eigenvalue weighted by Crippen LogP contribution is 2.07. The zero-order valence-electron chi connectivity index (χ0n) is 9.46. The number of ether oxygens (including phenoxy) is 2. The maximum absolute atomic E-state index is 11.3. The Labute approximate surface area is 91.3 Å². The van der Waals surface area contributed by atoms with E-state index < -0.39 is 0 Å². The van der Waals surface area contributed by atoms with Gasteiger partial charge in [-0.2, -0.15) is 0 Å². The van der Waals surface area contributed by atoms with Crippen molar-refractivity contribution >= 4 is 5.91 Å². The van der Waals surface area contributed by atoms with Crippen LogP contribution in [0.1, 0.15) is 39.0 Å². The van der Waals surface area contributed by atoms with E-state index in [4.69, 9.17) is 9.47 Å². The van der Waals surface area contributed by atoms with Crippen molar-refractivity contribution in [2.24, 2.45) is 0 Å². The molecular formula is C11H21NO3. The predicted molar refractivity (Wildman–Crippen MR) is 57.5 cm³/mol. The lowest BCUT2D eigenvalue weighted by Crippen LogP contribution is -2.31. The van der Waals surface area contributed by atoms with Crippen LogP contribution in [0.25, 0.3) is 0 Å². The minimum absolute atomic E-state index is 0.120. The van der Waals surface area contributed by atoms with Crippen LogP contribution in [0.2, 0.25) is 0 Å². The molecule has 1 heterocycles. The summed E-state index contributed by atoms with van der Waals surface area (Å²) in [5.74, 6) is 0.132. The van der Waals surface area contributed by atoms with Gasteiger partial charge in [-0.05, 0) is 12.8 Å². The van der Waals surface area contributed by atoms with Gasteiger partial charge in [0.25, 0.3) is 0 Å². The van der Waals surface area contributed by atoms with E-state index in [0.29, 0.717) is 13.0 Å². The third kappa shape index (κ3) is 5.74. The lowest BCUT2D eigenvalue weighted by molar-refractivity contribution is -0.180. The van der Waals surface area contributed by atoms with E-state index in [1.165, 1.54) is 0 Å². The fourth-order valence-electron chi connectivity index (χ4n) is 1.46. The van der Waals surface area contributed by atoms with Crippen LogP contribution >= 0.6 is 0 Å². The number of rotatable bonds is 6. The summed E-state index contributed by atoms with van der Waals surface area (Å²) in [7, 11) is 0. The molecule has 0 spiro atoms. The average Bonchev–Trinajstić information content (AvgIpc) is 2.28. The van der Waals surface area contributed by atoms with Gasteiger partial charge in [-0.15, -0.1) is 0 Å². The van der Waals surface area contributed by atoms with Gasteiger partial charge in [0, 0.05) is 19.4 Å². The molecule has 0 aliphatic carbocycles. The van der Waals surface area contributed by atoms with Crippen molar-refractivity contribution in [1.29, 1.82) is 0 Å². The second-order valence-corrected chi connectivity index (χ2v) is 3.77. The van der Waals surface area contributed by atoms with Crippen LogP contribution in [0.3, 0.4) is 0 Å². The highest BCUT2D eigenvalue weighted by molar-refractivity contribution is 5.75. The first-order chi connectivity index (χ1) is 7.33. The van der Waals surface area contributed by atoms with Gasteiger partial charge >= 0.3 is 0 Å². The number of carbonyl (C=O) groups is 1. The Hall–Kier alpha value is -0.610. The largest absolute Gasteiger partial charge is 0.356 e. The van der Waals surface area contributed by atoms with Crippen molar-refractivity contribution in [1.82, 2.24) is 5.32 Å². The van der Waals surface area contributed by atoms with E-state index in [2.05, 4.69) is 12.2 Å². The molecule has 1 N–H and O–H groups in total. The monoisotopic (exact) mass is 215 g/mol. The number of hydrogen-bond acceptors (Lipinski definition) is 3. The molecule has 0 atom stereocenters. The third-order valence-corrected chi connectivity index (χ3v) is 2.36. The predicted octanol–water partition coefficient (Wildman–Crippen LogP) is 1.45. The standard InChI is InChI=1S/C11H21NO3/c1-2-3-5-10(13)12-7-6-11-14-8-4-9-15-11/h11H,2-9H2,1H3,(H,12,13). The molecule has 0 aromatic heterocycles. The molecule has 4 nitrogen and oxygen atoms in total. The summed E-state index contributed by atoms with van der Waals surface area (Å²) in [5.41, 5.74) is 0. The summed E-state index contributed by atoms with van der Waals surface area (Å²) in [6.07, 6.45) is 4.25. The lowest BCUT2D eigenvalue weighted by atomic mass is 10.2. The Morgan fingerprint density at radius 2 is 2.13 bits per heavy atom. The SMILES string of the molecule is CCCCC(=O)NCCC1OCCCO1. The molecule has 1 aliphatic rings. The Bertz CT molecular complexity index is 179. The average molecular weight is 215 g/mol. The van der Waals surface area contributed by atoms with E-state index in [9.17, 15) is 4.79 Å². The Balaban J connectivity index is 1.97. The lowest BCUT2D eigenvalue weighted by Gasteiger charge is -2.23. The van der Waals surface area contributed by atoms with E-state index in [-0.39, 0.29) is 12.2 Å². The minimum atomic E-state index is -0.120. The van der Waals surface area contributed by atoms with Gasteiger partial charge in [-0.1, -0.05) is 13.3 Å². The van der Waals surface area contributed by atoms with Gasteiger partial charge < -0.3 is 14.8 Å². The number of amides is 1. The molecule has 0 unspecified atom stereocenters. The van der Waals surface area contributed by atoms with Crippen LogP contribution in [0.4, 0.5) is 0 Å². The number of unbranched alkanes of at least 4 members (excludes halogenated alkanes) is 1. The Kier molecular flexibility index (Phi) is 6.36. The van der Waals surface area contributed by atoms with Crippen molar-refractivity contribution < 1.29 is 14.3 Å². The fraction of sp³-hybridized carbons (Fsp3) is 0.909. The summed E-state index contributed by atoms with van der Waals surface area (Å²) in [6.45, 7) is 4.27. The Morgan fingerprint density at radius 1 is 1.40 bits per heavy atom. The van der Waals surface area contributed by atoms with Crippen LogP contribution in [0.15, 0.2) is 0 Å². The van der Waals surface area contributed by atoms with Crippen LogP contribution in [0, 0.1) is 0 Å². The quantitative estimate of drug-likeness (QED) is 0.729. The maximum atomic E-state index is 11.3. The van der Waals surface area contributed by atoms with Crippen LogP contribution in [-0.2, 0) is 14.3 Å². The molecule has 1 amide bonds. The molecule has 0 bridgehead atoms. The fourth-order valence-corrected chi connectivity index (χ4v) is 1.46. The van der Waals surface area contributed by atoms with Crippen molar-refractivity contribution in [3.8, 4) is 0 Å². The molecule has 1 saturated heterocycles. The molecule has 0 aromatic rings. The second kappa shape index (κ2) is 7.65. The zero-order chi connectivity index (χ0) is 10.9. The van der Waals surface area contributed by atoms with Gasteiger partial charge in [0.2, 0.25) is 5.91 Å². The number of carbonyl (C=O) groups excluding carboxylic acids is 1. The second-order valence-electron chi connectivity index (χ2n) is 3.77. The topological polar surface area (TPSA) is 47.6 Å². The zero-order valence-corrected chi connectivity index (χ0v) is 9.46. The normalized spacial score (nSPS) is 17.7. The van der Waals surface area contributed by atoms with E-state index in [0.717, 1.165) is 38.9 Å². The molecule has 1 rings (SSSR count). The minimum Gasteiger partial charge on any atom is -0.356 e. The molecule has 88 valence electrons. The molecule has 1 aliphatic heterocycles. The molecular weight excluding hydrogens is 194 g/mol. The Morgan fingerprint density at radius 3 is 2.80 bits per heavy atom. The molecule has 4 heteroatoms. The first kappa shape index (κ1) is 12.5. The summed E-state index contributed by atoms with van der Waals surface area (Å²) in [6, 6.07) is 0. The van der Waals surface area contributed by atoms with Crippen LogP contribution in [0.5, 0.6) is 0 Å². The first-order valence-corrected chi connectivity index (χ1v) is 5.83. The van der Waals surface area contributed by atoms with Crippen molar-refractivity contribution in [3.05, 3.63) is 0 Å². The summed E-state index contributed by atoms with van der Waals surface area (Å²) < 4.78 is 10.7. The number of nitrogens with one attached hydrogen (secondary N) is 1. The van der Waals surface area contributed by atoms with Gasteiger partial charge in [0.1, 0.15) is 0 Å². The van der Waals surface area contributed by atoms with Gasteiger partial charge in [-0.3, -0.25) is 4.79 Å². The van der Waals surface area contributed by atoms with E-state index in [1.807, 2.05) is 0 Å². The molecule has 15 heavy (non-hydrogen) atoms. The van der Waals surface area contributed by atoms with E-state index >= 15 is 0 Å². The molecule has 0 saturated carbocycles. The molecule has 0 aromatic carbocycles. The molecule has 1 fully saturated rings. The summed E-state index contributed by atoms with van der Waals surface area (Å²) in [5, 5.41) is 2.87. The highest BCUT2D eigenvalue weighted by atomic mass is 16.7. The van der Waals surface area contributed by atoms with E-state index in [1.54, 1.807) is 0 Å². The van der Waals surface area contributed by atoms with Gasteiger partial charge in [-0.25, -0.2) is 0 Å². The van der Waals surface area contributed by atoms with Gasteiger partial charge in [0.05, 0.1) is 13.2 Å².